The van der Waals surface area contributed by atoms with E-state index in [-0.39, 0.29) is 9.92 Å². The smallest absolute Gasteiger partial charge is 0.283 e. The van der Waals surface area contributed by atoms with Gasteiger partial charge in [0.1, 0.15) is 4.90 Å². The Bertz CT molecular complexity index is 1010. The molecule has 0 spiro atoms. The Morgan fingerprint density at radius 3 is 2.59 bits per heavy atom. The Hall–Kier alpha value is -2.20. The summed E-state index contributed by atoms with van der Waals surface area (Å²) in [4.78, 5) is 1.32. The zero-order valence-electron chi connectivity index (χ0n) is 14.3. The Morgan fingerprint density at radius 2 is 1.89 bits per heavy atom. The number of halogens is 1. The first-order chi connectivity index (χ1) is 13.0. The lowest BCUT2D eigenvalue weighted by molar-refractivity contribution is -0.918. The van der Waals surface area contributed by atoms with E-state index >= 15 is 0 Å². The average Bonchev–Trinajstić information content (AvgIpc) is 3.34. The van der Waals surface area contributed by atoms with E-state index < -0.39 is 10.0 Å². The summed E-state index contributed by atoms with van der Waals surface area (Å²) in [5, 5.41) is 8.27. The number of nitrogens with one attached hydrogen (secondary N) is 1. The Morgan fingerprint density at radius 1 is 1.11 bits per heavy atom. The van der Waals surface area contributed by atoms with E-state index in [1.54, 1.807) is 36.6 Å². The van der Waals surface area contributed by atoms with Gasteiger partial charge < -0.3 is 13.7 Å². The molecule has 3 aromatic rings. The van der Waals surface area contributed by atoms with Crippen molar-refractivity contribution in [3.63, 3.8) is 0 Å². The van der Waals surface area contributed by atoms with E-state index in [0.29, 0.717) is 50.3 Å². The SMILES string of the molecule is O=S(=O)(c1ccccc1Cl)N1CC[NH+](Cc2nnc(-c3ccco3)o2)CC1. The number of aromatic nitrogens is 2. The van der Waals surface area contributed by atoms with Crippen LogP contribution in [0.2, 0.25) is 5.02 Å². The summed E-state index contributed by atoms with van der Waals surface area (Å²) in [6.45, 7) is 2.63. The van der Waals surface area contributed by atoms with Crippen molar-refractivity contribution >= 4 is 21.6 Å². The van der Waals surface area contributed by atoms with Crippen LogP contribution in [0, 0.1) is 0 Å². The third-order valence-corrected chi connectivity index (χ3v) is 6.88. The molecule has 10 heteroatoms. The minimum Gasteiger partial charge on any atom is -0.459 e. The predicted octanol–water partition coefficient (Wildman–Crippen LogP) is 1.07. The zero-order valence-corrected chi connectivity index (χ0v) is 15.9. The standard InChI is InChI=1S/C17H17ClN4O4S/c18-13-4-1-2-6-15(13)27(23,24)22-9-7-21(8-10-22)12-16-19-20-17(26-16)14-5-3-11-25-14/h1-6,11H,7-10,12H2/p+1. The summed E-state index contributed by atoms with van der Waals surface area (Å²) in [6.07, 6.45) is 1.54. The van der Waals surface area contributed by atoms with Crippen LogP contribution in [-0.4, -0.2) is 49.1 Å². The molecule has 8 nitrogen and oxygen atoms in total. The molecule has 2 aromatic heterocycles. The van der Waals surface area contributed by atoms with Crippen molar-refractivity contribution in [2.75, 3.05) is 26.2 Å². The molecule has 0 bridgehead atoms. The molecule has 4 rings (SSSR count). The molecule has 0 saturated carbocycles. The van der Waals surface area contributed by atoms with E-state index in [1.165, 1.54) is 15.3 Å². The van der Waals surface area contributed by atoms with E-state index in [0.717, 1.165) is 0 Å². The van der Waals surface area contributed by atoms with Gasteiger partial charge in [-0.15, -0.1) is 10.2 Å². The molecule has 1 aliphatic rings. The van der Waals surface area contributed by atoms with Crippen LogP contribution in [0.5, 0.6) is 0 Å². The molecule has 3 heterocycles. The zero-order chi connectivity index (χ0) is 18.9. The highest BCUT2D eigenvalue weighted by molar-refractivity contribution is 7.89. The van der Waals surface area contributed by atoms with E-state index in [2.05, 4.69) is 10.2 Å². The molecule has 0 radical (unpaired) electrons. The highest BCUT2D eigenvalue weighted by Gasteiger charge is 2.32. The number of nitrogens with zero attached hydrogens (tertiary/aromatic N) is 3. The van der Waals surface area contributed by atoms with Crippen LogP contribution in [0.4, 0.5) is 0 Å². The highest BCUT2D eigenvalue weighted by Crippen LogP contribution is 2.24. The number of quaternary nitrogens is 1. The van der Waals surface area contributed by atoms with Crippen molar-refractivity contribution in [2.24, 2.45) is 0 Å². The third-order valence-electron chi connectivity index (χ3n) is 4.48. The van der Waals surface area contributed by atoms with Crippen LogP contribution < -0.4 is 4.90 Å². The summed E-state index contributed by atoms with van der Waals surface area (Å²) < 4.78 is 37.9. The van der Waals surface area contributed by atoms with E-state index in [1.807, 2.05) is 0 Å². The number of sulfonamides is 1. The highest BCUT2D eigenvalue weighted by atomic mass is 35.5. The lowest BCUT2D eigenvalue weighted by Gasteiger charge is -2.30. The number of hydrogen-bond donors (Lipinski definition) is 1. The molecular weight excluding hydrogens is 392 g/mol. The third kappa shape index (κ3) is 3.77. The van der Waals surface area contributed by atoms with Gasteiger partial charge in [-0.2, -0.15) is 4.31 Å². The number of benzene rings is 1. The molecule has 1 aromatic carbocycles. The number of hydrogen-bond acceptors (Lipinski definition) is 6. The molecule has 0 atom stereocenters. The van der Waals surface area contributed by atoms with Crippen LogP contribution in [0.15, 0.2) is 56.4 Å². The van der Waals surface area contributed by atoms with Gasteiger partial charge in [-0.25, -0.2) is 8.42 Å². The van der Waals surface area contributed by atoms with Gasteiger partial charge in [0, 0.05) is 0 Å². The van der Waals surface area contributed by atoms with E-state index in [4.69, 9.17) is 20.4 Å². The second kappa shape index (κ2) is 7.43. The summed E-state index contributed by atoms with van der Waals surface area (Å²) in [5.41, 5.74) is 0. The normalized spacial score (nSPS) is 16.6. The molecular formula is C17H18ClN4O4S+. The largest absolute Gasteiger partial charge is 0.459 e. The molecule has 27 heavy (non-hydrogen) atoms. The number of piperazine rings is 1. The first-order valence-electron chi connectivity index (χ1n) is 8.48. The average molecular weight is 410 g/mol. The molecule has 1 aliphatic heterocycles. The second-order valence-corrected chi connectivity index (χ2v) is 8.55. The predicted molar refractivity (Wildman–Crippen MR) is 96.6 cm³/mol. The van der Waals surface area contributed by atoms with Crippen molar-refractivity contribution in [2.45, 2.75) is 11.4 Å². The fourth-order valence-corrected chi connectivity index (χ4v) is 4.99. The quantitative estimate of drug-likeness (QED) is 0.677. The monoisotopic (exact) mass is 409 g/mol. The van der Waals surface area contributed by atoms with E-state index in [9.17, 15) is 8.42 Å². The lowest BCUT2D eigenvalue weighted by atomic mass is 10.3. The van der Waals surface area contributed by atoms with Gasteiger partial charge >= 0.3 is 0 Å². The van der Waals surface area contributed by atoms with Crippen LogP contribution in [-0.2, 0) is 16.6 Å². The second-order valence-electron chi connectivity index (χ2n) is 6.24. The van der Waals surface area contributed by atoms with Crippen molar-refractivity contribution in [3.05, 3.63) is 53.6 Å². The molecule has 0 unspecified atom stereocenters. The summed E-state index contributed by atoms with van der Waals surface area (Å²) >= 11 is 6.06. The van der Waals surface area contributed by atoms with Gasteiger partial charge in [0.05, 0.1) is 37.5 Å². The van der Waals surface area contributed by atoms with Gasteiger partial charge in [-0.1, -0.05) is 23.7 Å². The van der Waals surface area contributed by atoms with Crippen molar-refractivity contribution < 1.29 is 22.2 Å². The molecule has 0 amide bonds. The Labute approximate surface area is 161 Å². The maximum atomic E-state index is 12.8. The molecule has 1 fully saturated rings. The minimum atomic E-state index is -3.59. The first-order valence-corrected chi connectivity index (χ1v) is 10.3. The molecule has 142 valence electrons. The Balaban J connectivity index is 1.39. The van der Waals surface area contributed by atoms with Gasteiger partial charge in [0.25, 0.3) is 11.8 Å². The van der Waals surface area contributed by atoms with Gasteiger partial charge in [0.2, 0.25) is 10.0 Å². The maximum Gasteiger partial charge on any atom is 0.283 e. The van der Waals surface area contributed by atoms with Crippen LogP contribution in [0.25, 0.3) is 11.7 Å². The van der Waals surface area contributed by atoms with Gasteiger partial charge in [-0.3, -0.25) is 0 Å². The van der Waals surface area contributed by atoms with Crippen molar-refractivity contribution in [1.82, 2.24) is 14.5 Å². The van der Waals surface area contributed by atoms with Gasteiger partial charge in [-0.05, 0) is 24.3 Å². The minimum absolute atomic E-state index is 0.148. The summed E-state index contributed by atoms with van der Waals surface area (Å²) in [6, 6.07) is 10.0. The van der Waals surface area contributed by atoms with Gasteiger partial charge in [0.15, 0.2) is 12.3 Å². The molecule has 1 N–H and O–H groups in total. The fourth-order valence-electron chi connectivity index (χ4n) is 3.05. The summed E-state index contributed by atoms with van der Waals surface area (Å²) in [5.74, 6) is 1.37. The fraction of sp³-hybridized carbons (Fsp3) is 0.294. The maximum absolute atomic E-state index is 12.8. The Kier molecular flexibility index (Phi) is 5.00. The number of rotatable bonds is 5. The van der Waals surface area contributed by atoms with Crippen LogP contribution in [0.1, 0.15) is 5.89 Å². The van der Waals surface area contributed by atoms with Crippen LogP contribution in [0.3, 0.4) is 0 Å². The molecule has 1 saturated heterocycles. The molecule has 0 aliphatic carbocycles. The van der Waals surface area contributed by atoms with Crippen LogP contribution >= 0.6 is 11.6 Å². The van der Waals surface area contributed by atoms with Crippen molar-refractivity contribution in [1.29, 1.82) is 0 Å². The lowest BCUT2D eigenvalue weighted by Crippen LogP contribution is -3.13. The topological polar surface area (TPSA) is 93.9 Å². The number of furan rings is 1. The summed E-state index contributed by atoms with van der Waals surface area (Å²) in [7, 11) is -3.59. The van der Waals surface area contributed by atoms with Crippen molar-refractivity contribution in [3.8, 4) is 11.7 Å². The first kappa shape index (κ1) is 18.2.